The lowest BCUT2D eigenvalue weighted by molar-refractivity contribution is -0.119. The number of primary amides is 1. The van der Waals surface area contributed by atoms with Gasteiger partial charge in [-0.15, -0.1) is 0 Å². The molecule has 2 rings (SSSR count). The predicted molar refractivity (Wildman–Crippen MR) is 83.4 cm³/mol. The number of carbonyl (C=O) groups excluding carboxylic acids is 1. The first-order chi connectivity index (χ1) is 10.1. The van der Waals surface area contributed by atoms with Crippen LogP contribution in [0.5, 0.6) is 0 Å². The summed E-state index contributed by atoms with van der Waals surface area (Å²) in [5, 5.41) is 0.563. The van der Waals surface area contributed by atoms with E-state index >= 15 is 0 Å². The van der Waals surface area contributed by atoms with E-state index in [0.717, 1.165) is 11.1 Å². The third kappa shape index (κ3) is 4.44. The van der Waals surface area contributed by atoms with E-state index in [2.05, 4.69) is 4.98 Å². The number of nitrogens with two attached hydrogens (primary N) is 2. The fourth-order valence-electron chi connectivity index (χ4n) is 2.08. The highest BCUT2D eigenvalue weighted by molar-refractivity contribution is 6.31. The van der Waals surface area contributed by atoms with Gasteiger partial charge < -0.3 is 11.5 Å². The number of nitrogen functional groups attached to an aromatic ring is 1. The van der Waals surface area contributed by atoms with E-state index in [1.165, 1.54) is 0 Å². The van der Waals surface area contributed by atoms with Crippen LogP contribution in [-0.4, -0.2) is 22.3 Å². The van der Waals surface area contributed by atoms with Gasteiger partial charge in [0.15, 0.2) is 0 Å². The monoisotopic (exact) mass is 304 g/mol. The van der Waals surface area contributed by atoms with E-state index < -0.39 is 5.91 Å². The lowest BCUT2D eigenvalue weighted by Gasteiger charge is -2.22. The number of hydrogen-bond acceptors (Lipinski definition) is 4. The highest BCUT2D eigenvalue weighted by Gasteiger charge is 2.13. The first kappa shape index (κ1) is 15.3. The summed E-state index contributed by atoms with van der Waals surface area (Å²) < 4.78 is 0. The van der Waals surface area contributed by atoms with Crippen LogP contribution in [0.15, 0.2) is 42.7 Å². The molecule has 4 N–H and O–H groups in total. The van der Waals surface area contributed by atoms with Crippen molar-refractivity contribution in [2.24, 2.45) is 5.73 Å². The molecule has 0 aliphatic carbocycles. The summed E-state index contributed by atoms with van der Waals surface area (Å²) in [5.41, 5.74) is 13.8. The lowest BCUT2D eigenvalue weighted by atomic mass is 10.1. The van der Waals surface area contributed by atoms with Gasteiger partial charge in [0, 0.05) is 31.2 Å². The van der Waals surface area contributed by atoms with Gasteiger partial charge in [-0.3, -0.25) is 14.7 Å². The van der Waals surface area contributed by atoms with Crippen LogP contribution in [0.3, 0.4) is 0 Å². The first-order valence-electron chi connectivity index (χ1n) is 6.48. The minimum Gasteiger partial charge on any atom is -0.398 e. The van der Waals surface area contributed by atoms with Crippen LogP contribution < -0.4 is 11.5 Å². The number of carbonyl (C=O) groups is 1. The van der Waals surface area contributed by atoms with Crippen LogP contribution in [0.2, 0.25) is 5.02 Å². The Morgan fingerprint density at radius 2 is 1.90 bits per heavy atom. The maximum absolute atomic E-state index is 11.3. The SMILES string of the molecule is NC(=O)CN(Cc1ccccc1N)Cc1ccncc1Cl. The number of anilines is 1. The summed E-state index contributed by atoms with van der Waals surface area (Å²) in [7, 11) is 0. The minimum atomic E-state index is -0.394. The largest absolute Gasteiger partial charge is 0.398 e. The first-order valence-corrected chi connectivity index (χ1v) is 6.86. The number of nitrogens with zero attached hydrogens (tertiary/aromatic N) is 2. The molecule has 1 aromatic heterocycles. The fraction of sp³-hybridized carbons (Fsp3) is 0.200. The van der Waals surface area contributed by atoms with Crippen molar-refractivity contribution in [1.29, 1.82) is 0 Å². The van der Waals surface area contributed by atoms with E-state index in [9.17, 15) is 4.79 Å². The van der Waals surface area contributed by atoms with Crippen molar-refractivity contribution in [2.75, 3.05) is 12.3 Å². The van der Waals surface area contributed by atoms with E-state index in [1.54, 1.807) is 12.4 Å². The minimum absolute atomic E-state index is 0.132. The molecule has 0 aliphatic heterocycles. The summed E-state index contributed by atoms with van der Waals surface area (Å²) in [5.74, 6) is -0.394. The van der Waals surface area contributed by atoms with E-state index in [1.807, 2.05) is 35.2 Å². The number of para-hydroxylation sites is 1. The highest BCUT2D eigenvalue weighted by Crippen LogP contribution is 2.19. The van der Waals surface area contributed by atoms with Gasteiger partial charge in [0.1, 0.15) is 0 Å². The molecule has 0 saturated carbocycles. The molecule has 0 spiro atoms. The smallest absolute Gasteiger partial charge is 0.231 e. The van der Waals surface area contributed by atoms with E-state index in [4.69, 9.17) is 23.1 Å². The molecule has 0 bridgehead atoms. The zero-order valence-electron chi connectivity index (χ0n) is 11.5. The van der Waals surface area contributed by atoms with Crippen molar-refractivity contribution in [2.45, 2.75) is 13.1 Å². The normalized spacial score (nSPS) is 10.8. The molecule has 6 heteroatoms. The Morgan fingerprint density at radius 1 is 1.19 bits per heavy atom. The van der Waals surface area contributed by atoms with Crippen LogP contribution in [0.1, 0.15) is 11.1 Å². The Bertz CT molecular complexity index is 585. The Hall–Kier alpha value is -2.11. The molecule has 1 heterocycles. The lowest BCUT2D eigenvalue weighted by Crippen LogP contribution is -2.33. The van der Waals surface area contributed by atoms with Crippen LogP contribution in [0.4, 0.5) is 5.69 Å². The van der Waals surface area contributed by atoms with E-state index in [0.29, 0.717) is 23.8 Å². The Morgan fingerprint density at radius 3 is 2.57 bits per heavy atom. The molecule has 21 heavy (non-hydrogen) atoms. The maximum atomic E-state index is 11.3. The number of hydrogen-bond donors (Lipinski definition) is 2. The van der Waals surface area contributed by atoms with Crippen LogP contribution in [-0.2, 0) is 17.9 Å². The van der Waals surface area contributed by atoms with Crippen molar-refractivity contribution >= 4 is 23.2 Å². The number of rotatable bonds is 6. The Balaban J connectivity index is 2.17. The summed E-state index contributed by atoms with van der Waals surface area (Å²) in [4.78, 5) is 17.1. The molecule has 1 aromatic carbocycles. The molecular formula is C15H17ClN4O. The standard InChI is InChI=1S/C15H17ClN4O/c16-13-7-19-6-5-11(13)8-20(10-15(18)21)9-12-3-1-2-4-14(12)17/h1-7H,8-10,17H2,(H2,18,21). The molecule has 2 aromatic rings. The molecule has 0 aliphatic rings. The topological polar surface area (TPSA) is 85.2 Å². The van der Waals surface area contributed by atoms with Gasteiger partial charge in [-0.25, -0.2) is 0 Å². The second kappa shape index (κ2) is 7.06. The summed E-state index contributed by atoms with van der Waals surface area (Å²) in [6.07, 6.45) is 3.25. The van der Waals surface area contributed by atoms with Crippen LogP contribution >= 0.6 is 11.6 Å². The van der Waals surface area contributed by atoms with Gasteiger partial charge in [-0.1, -0.05) is 29.8 Å². The van der Waals surface area contributed by atoms with Crippen molar-refractivity contribution in [1.82, 2.24) is 9.88 Å². The second-order valence-electron chi connectivity index (χ2n) is 4.78. The number of aromatic nitrogens is 1. The second-order valence-corrected chi connectivity index (χ2v) is 5.18. The highest BCUT2D eigenvalue weighted by atomic mass is 35.5. The summed E-state index contributed by atoms with van der Waals surface area (Å²) in [6.45, 7) is 1.15. The summed E-state index contributed by atoms with van der Waals surface area (Å²) >= 11 is 6.11. The number of halogens is 1. The van der Waals surface area contributed by atoms with Gasteiger partial charge in [0.05, 0.1) is 11.6 Å². The maximum Gasteiger partial charge on any atom is 0.231 e. The predicted octanol–water partition coefficient (Wildman–Crippen LogP) is 1.80. The fourth-order valence-corrected chi connectivity index (χ4v) is 2.26. The molecule has 0 atom stereocenters. The van der Waals surface area contributed by atoms with Gasteiger partial charge in [0.2, 0.25) is 5.91 Å². The number of benzene rings is 1. The number of amides is 1. The molecular weight excluding hydrogens is 288 g/mol. The van der Waals surface area contributed by atoms with Crippen LogP contribution in [0, 0.1) is 0 Å². The molecule has 0 fully saturated rings. The third-order valence-corrected chi connectivity index (χ3v) is 3.42. The van der Waals surface area contributed by atoms with E-state index in [-0.39, 0.29) is 6.54 Å². The van der Waals surface area contributed by atoms with Crippen molar-refractivity contribution in [3.8, 4) is 0 Å². The molecule has 1 amide bonds. The molecule has 0 unspecified atom stereocenters. The third-order valence-electron chi connectivity index (χ3n) is 3.08. The Labute approximate surface area is 128 Å². The van der Waals surface area contributed by atoms with Gasteiger partial charge >= 0.3 is 0 Å². The summed E-state index contributed by atoms with van der Waals surface area (Å²) in [6, 6.07) is 9.36. The van der Waals surface area contributed by atoms with Gasteiger partial charge in [0.25, 0.3) is 0 Å². The molecule has 0 saturated heterocycles. The molecule has 5 nitrogen and oxygen atoms in total. The number of pyridine rings is 1. The average molecular weight is 305 g/mol. The van der Waals surface area contributed by atoms with Crippen molar-refractivity contribution in [3.05, 3.63) is 58.9 Å². The van der Waals surface area contributed by atoms with Gasteiger partial charge in [-0.05, 0) is 23.3 Å². The Kier molecular flexibility index (Phi) is 5.14. The van der Waals surface area contributed by atoms with Crippen molar-refractivity contribution in [3.63, 3.8) is 0 Å². The average Bonchev–Trinajstić information content (AvgIpc) is 2.43. The molecule has 110 valence electrons. The van der Waals surface area contributed by atoms with Crippen molar-refractivity contribution < 1.29 is 4.79 Å². The molecule has 0 radical (unpaired) electrons. The zero-order chi connectivity index (χ0) is 15.2. The van der Waals surface area contributed by atoms with Gasteiger partial charge in [-0.2, -0.15) is 0 Å². The quantitative estimate of drug-likeness (QED) is 0.797. The van der Waals surface area contributed by atoms with Crippen LogP contribution in [0.25, 0.3) is 0 Å². The zero-order valence-corrected chi connectivity index (χ0v) is 12.3.